The maximum Gasteiger partial charge on any atom is 0.496 e. The molecule has 8 aromatic rings. The van der Waals surface area contributed by atoms with Gasteiger partial charge in [-0.15, -0.1) is 0 Å². The highest BCUT2D eigenvalue weighted by atomic mass is 28.3. The van der Waals surface area contributed by atoms with Gasteiger partial charge in [0.15, 0.2) is 8.07 Å². The minimum absolute atomic E-state index is 0.0468. The van der Waals surface area contributed by atoms with Gasteiger partial charge >= 0.3 is 7.12 Å². The summed E-state index contributed by atoms with van der Waals surface area (Å²) in [6.45, 7) is 7.62. The summed E-state index contributed by atoms with van der Waals surface area (Å²) in [5.74, 6) is 0. The molecule has 0 N–H and O–H groups in total. The molecule has 0 saturated carbocycles. The van der Waals surface area contributed by atoms with Crippen molar-refractivity contribution in [3.63, 3.8) is 0 Å². The van der Waals surface area contributed by atoms with Crippen LogP contribution in [0.5, 0.6) is 0 Å². The molecule has 2 heterocycles. The Hall–Kier alpha value is -5.46. The fourth-order valence-corrected chi connectivity index (χ4v) is 12.3. The largest absolute Gasteiger partial charge is 0.496 e. The Morgan fingerprint density at radius 2 is 1.02 bits per heavy atom. The Labute approximate surface area is 331 Å². The number of fused-ring (bicyclic) bond motifs is 3. The summed E-state index contributed by atoms with van der Waals surface area (Å²) in [5, 5.41) is 3.33. The zero-order valence-corrected chi connectivity index (χ0v) is 30.7. The van der Waals surface area contributed by atoms with Gasteiger partial charge in [0.25, 0.3) is 0 Å². The average molecular weight is 717 g/mol. The van der Waals surface area contributed by atoms with E-state index in [1.807, 2.05) is 119 Å². The highest BCUT2D eigenvalue weighted by Crippen LogP contribution is 2.38. The molecule has 0 aliphatic carbocycles. The lowest BCUT2D eigenvalue weighted by Gasteiger charge is -2.35. The van der Waals surface area contributed by atoms with Gasteiger partial charge < -0.3 is 13.9 Å². The molecular formula is C48H42BNO2Si. The maximum absolute atomic E-state index is 9.30. The minimum Gasteiger partial charge on any atom is -0.399 e. The molecule has 0 radical (unpaired) electrons. The van der Waals surface area contributed by atoms with Crippen LogP contribution in [0.4, 0.5) is 0 Å². The molecule has 0 spiro atoms. The van der Waals surface area contributed by atoms with Gasteiger partial charge in [0.2, 0.25) is 0 Å². The molecule has 1 aliphatic rings. The van der Waals surface area contributed by atoms with Crippen LogP contribution < -0.4 is 26.2 Å². The van der Waals surface area contributed by atoms with E-state index in [-0.39, 0.29) is 39.5 Å². The number of rotatable bonds is 7. The van der Waals surface area contributed by atoms with E-state index in [4.69, 9.17) is 24.4 Å². The molecule has 9 rings (SSSR count). The zero-order chi connectivity index (χ0) is 47.5. The van der Waals surface area contributed by atoms with Crippen LogP contribution >= 0.6 is 0 Å². The van der Waals surface area contributed by atoms with Crippen LogP contribution in [0.15, 0.2) is 182 Å². The van der Waals surface area contributed by atoms with Gasteiger partial charge in [0.1, 0.15) is 0 Å². The van der Waals surface area contributed by atoms with Crippen molar-refractivity contribution in [2.24, 2.45) is 0 Å². The van der Waals surface area contributed by atoms with E-state index in [1.165, 1.54) is 4.57 Å². The Balaban J connectivity index is 1.45. The van der Waals surface area contributed by atoms with E-state index in [9.17, 15) is 2.74 Å². The fourth-order valence-electron chi connectivity index (χ4n) is 7.49. The van der Waals surface area contributed by atoms with E-state index >= 15 is 0 Å². The molecule has 7 aromatic carbocycles. The van der Waals surface area contributed by atoms with Crippen LogP contribution in [0.3, 0.4) is 0 Å². The van der Waals surface area contributed by atoms with Gasteiger partial charge in [-0.05, 0) is 77.7 Å². The third-order valence-electron chi connectivity index (χ3n) is 10.7. The Morgan fingerprint density at radius 1 is 0.509 bits per heavy atom. The summed E-state index contributed by atoms with van der Waals surface area (Å²) in [6.07, 6.45) is 0. The van der Waals surface area contributed by atoms with Crippen LogP contribution in [-0.2, 0) is 9.31 Å². The molecule has 1 fully saturated rings. The molecule has 1 saturated heterocycles. The Bertz CT molecular complexity index is 3170. The number of nitrogens with zero attached hydrogens (tertiary/aromatic N) is 1. The van der Waals surface area contributed by atoms with E-state index < -0.39 is 92.9 Å². The minimum atomic E-state index is -3.60. The molecular weight excluding hydrogens is 661 g/mol. The molecule has 0 atom stereocenters. The molecule has 258 valence electrons. The zero-order valence-electron chi connectivity index (χ0n) is 42.7. The summed E-state index contributed by atoms with van der Waals surface area (Å²) >= 11 is 0. The predicted octanol–water partition coefficient (Wildman–Crippen LogP) is 8.13. The van der Waals surface area contributed by atoms with Crippen molar-refractivity contribution in [1.29, 1.82) is 0 Å². The van der Waals surface area contributed by atoms with Crippen LogP contribution in [0.1, 0.15) is 45.5 Å². The topological polar surface area (TPSA) is 23.4 Å². The van der Waals surface area contributed by atoms with Gasteiger partial charge in [-0.1, -0.05) is 164 Å². The monoisotopic (exact) mass is 716 g/mol. The van der Waals surface area contributed by atoms with Crippen molar-refractivity contribution in [1.82, 2.24) is 4.57 Å². The first-order valence-corrected chi connectivity index (χ1v) is 19.5. The first kappa shape index (κ1) is 21.9. The quantitative estimate of drug-likeness (QED) is 0.123. The first-order chi connectivity index (χ1) is 31.2. The van der Waals surface area contributed by atoms with Crippen LogP contribution in [0.2, 0.25) is 0 Å². The van der Waals surface area contributed by atoms with E-state index in [0.29, 0.717) is 16.7 Å². The van der Waals surface area contributed by atoms with Crippen LogP contribution in [0, 0.1) is 0 Å². The lowest BCUT2D eigenvalue weighted by Crippen LogP contribution is -2.75. The number of hydrogen-bond donors (Lipinski definition) is 0. The van der Waals surface area contributed by atoms with Gasteiger partial charge in [-0.25, -0.2) is 0 Å². The van der Waals surface area contributed by atoms with E-state index in [1.54, 1.807) is 12.1 Å². The van der Waals surface area contributed by atoms with Crippen molar-refractivity contribution >= 4 is 63.2 Å². The molecule has 0 amide bonds. The number of para-hydroxylation sites is 2. The van der Waals surface area contributed by atoms with Crippen molar-refractivity contribution in [2.75, 3.05) is 0 Å². The van der Waals surface area contributed by atoms with Gasteiger partial charge in [-0.3, -0.25) is 0 Å². The highest BCUT2D eigenvalue weighted by molar-refractivity contribution is 7.20. The van der Waals surface area contributed by atoms with Crippen molar-refractivity contribution < 1.29 is 27.1 Å². The fraction of sp³-hybridized carbons (Fsp3) is 0.125. The molecule has 1 aromatic heterocycles. The highest BCUT2D eigenvalue weighted by Gasteiger charge is 2.53. The number of benzene rings is 7. The normalized spacial score (nSPS) is 18.7. The maximum atomic E-state index is 9.30. The summed E-state index contributed by atoms with van der Waals surface area (Å²) in [6, 6.07) is 26.8. The molecule has 0 unspecified atom stereocenters. The molecule has 0 bridgehead atoms. The van der Waals surface area contributed by atoms with Crippen molar-refractivity contribution in [3.05, 3.63) is 182 Å². The van der Waals surface area contributed by atoms with Crippen LogP contribution in [-0.4, -0.2) is 31.0 Å². The number of aromatic nitrogens is 1. The van der Waals surface area contributed by atoms with Crippen molar-refractivity contribution in [3.8, 4) is 16.8 Å². The van der Waals surface area contributed by atoms with Crippen molar-refractivity contribution in [2.45, 2.75) is 38.9 Å². The lowest BCUT2D eigenvalue weighted by atomic mass is 9.77. The second kappa shape index (κ2) is 12.9. The predicted molar refractivity (Wildman–Crippen MR) is 226 cm³/mol. The first-order valence-electron chi connectivity index (χ1n) is 24.0. The second-order valence-corrected chi connectivity index (χ2v) is 18.0. The number of hydrogen-bond acceptors (Lipinski definition) is 2. The Kier molecular flexibility index (Phi) is 5.33. The Morgan fingerprint density at radius 3 is 1.60 bits per heavy atom. The smallest absolute Gasteiger partial charge is 0.399 e. The van der Waals surface area contributed by atoms with E-state index in [2.05, 4.69) is 0 Å². The second-order valence-electron chi connectivity index (χ2n) is 14.2. The molecule has 5 heteroatoms. The van der Waals surface area contributed by atoms with Gasteiger partial charge in [0.05, 0.1) is 40.1 Å². The van der Waals surface area contributed by atoms with Gasteiger partial charge in [0, 0.05) is 21.9 Å². The van der Waals surface area contributed by atoms with E-state index in [0.717, 1.165) is 20.7 Å². The summed E-state index contributed by atoms with van der Waals surface area (Å²) in [7, 11) is -4.71. The average Bonchev–Trinajstić information content (AvgIpc) is 3.78. The third-order valence-corrected chi connectivity index (χ3v) is 15.5. The SMILES string of the molecule is [2H]c1c([2H])c([2H])c(-c2cccc([Si](c3ccccc3)(c3ccccc3)c3ccc(-n4c5c([2H])c([2H])c([2H])c([2H])c5c5c([2H])c([2H])c([2H])c([2H])c54)c(B4OC(C)(C)C(C)(C)O4)c3)c2)c([2H])c1[2H]. The summed E-state index contributed by atoms with van der Waals surface area (Å²) in [5.41, 5.74) is -0.650. The third kappa shape index (κ3) is 5.42. The molecule has 3 nitrogen and oxygen atoms in total. The molecule has 1 aliphatic heterocycles. The summed E-state index contributed by atoms with van der Waals surface area (Å²) in [4.78, 5) is 0. The standard InChI is InChI=1S/C48H42BNO2Si/c1-47(2)48(3,4)52-49(51-47)43-34-40(31-32-46(43)50-44-29-16-14-27-41(44)42-28-15-17-30-45(42)50)53(37-22-10-6-11-23-37,38-24-12-7-13-25-38)39-26-18-21-36(33-39)35-19-8-5-9-20-35/h5-34H,1-4H3/i5D,8D,9D,14D,15D,16D,17D,19D,20D,27D,28D,29D,30D. The van der Waals surface area contributed by atoms with Crippen LogP contribution in [0.25, 0.3) is 38.6 Å². The summed E-state index contributed by atoms with van der Waals surface area (Å²) < 4.78 is 130. The molecule has 53 heavy (non-hydrogen) atoms. The van der Waals surface area contributed by atoms with Gasteiger partial charge in [-0.2, -0.15) is 0 Å². The lowest BCUT2D eigenvalue weighted by molar-refractivity contribution is 0.00578.